The summed E-state index contributed by atoms with van der Waals surface area (Å²) in [6.45, 7) is 0. The van der Waals surface area contributed by atoms with Crippen LogP contribution in [0.25, 0.3) is 0 Å². The van der Waals surface area contributed by atoms with Crippen molar-refractivity contribution in [3.05, 3.63) is 73.8 Å². The third kappa shape index (κ3) is 3.02. The summed E-state index contributed by atoms with van der Waals surface area (Å²) in [6, 6.07) is 4.01. The molecule has 0 radical (unpaired) electrons. The molecule has 6 nitrogen and oxygen atoms in total. The molecule has 23 heavy (non-hydrogen) atoms. The monoisotopic (exact) mass is 341 g/mol. The molecule has 0 saturated carbocycles. The van der Waals surface area contributed by atoms with Crippen LogP contribution in [0.15, 0.2) is 30.3 Å². The van der Waals surface area contributed by atoms with Crippen molar-refractivity contribution in [2.75, 3.05) is 0 Å². The minimum absolute atomic E-state index is 0.260. The summed E-state index contributed by atoms with van der Waals surface area (Å²) in [5, 5.41) is 19.5. The van der Waals surface area contributed by atoms with E-state index in [-0.39, 0.29) is 5.02 Å². The average Bonchev–Trinajstić information content (AvgIpc) is 2.48. The van der Waals surface area contributed by atoms with Gasteiger partial charge in [-0.3, -0.25) is 14.9 Å². The third-order valence-electron chi connectivity index (χ3n) is 2.95. The number of nitrogens with zero attached hydrogens (tertiary/aromatic N) is 1. The average molecular weight is 342 g/mol. The van der Waals surface area contributed by atoms with Crippen LogP contribution in [0.4, 0.5) is 14.5 Å². The Morgan fingerprint density at radius 3 is 2.17 bits per heavy atom. The van der Waals surface area contributed by atoms with E-state index in [1.165, 1.54) is 0 Å². The van der Waals surface area contributed by atoms with Crippen LogP contribution < -0.4 is 0 Å². The van der Waals surface area contributed by atoms with Gasteiger partial charge in [0, 0.05) is 11.6 Å². The molecule has 0 aliphatic carbocycles. The lowest BCUT2D eigenvalue weighted by atomic mass is 9.97. The molecule has 1 N–H and O–H groups in total. The van der Waals surface area contributed by atoms with Gasteiger partial charge in [0.05, 0.1) is 10.5 Å². The van der Waals surface area contributed by atoms with Crippen molar-refractivity contribution in [3.8, 4) is 0 Å². The lowest BCUT2D eigenvalue weighted by Gasteiger charge is -2.08. The van der Waals surface area contributed by atoms with Gasteiger partial charge in [-0.05, 0) is 24.3 Å². The van der Waals surface area contributed by atoms with Gasteiger partial charge in [0.25, 0.3) is 5.69 Å². The summed E-state index contributed by atoms with van der Waals surface area (Å²) in [5.74, 6) is -5.61. The van der Waals surface area contributed by atoms with E-state index in [0.717, 1.165) is 18.2 Å². The molecular formula is C14H6ClF2NO5. The molecule has 9 heteroatoms. The highest BCUT2D eigenvalue weighted by atomic mass is 35.5. The molecule has 2 aromatic carbocycles. The first-order valence-corrected chi connectivity index (χ1v) is 6.31. The Morgan fingerprint density at radius 2 is 1.65 bits per heavy atom. The Labute approximate surface area is 132 Å². The molecule has 0 saturated heterocycles. The fraction of sp³-hybridized carbons (Fsp3) is 0. The molecular weight excluding hydrogens is 336 g/mol. The molecule has 2 rings (SSSR count). The highest BCUT2D eigenvalue weighted by Crippen LogP contribution is 2.28. The first kappa shape index (κ1) is 16.5. The van der Waals surface area contributed by atoms with Crippen molar-refractivity contribution in [2.24, 2.45) is 0 Å². The fourth-order valence-corrected chi connectivity index (χ4v) is 2.11. The van der Waals surface area contributed by atoms with Gasteiger partial charge in [0.2, 0.25) is 0 Å². The highest BCUT2D eigenvalue weighted by molar-refractivity contribution is 6.33. The van der Waals surface area contributed by atoms with Crippen LogP contribution in [0.1, 0.15) is 26.3 Å². The summed E-state index contributed by atoms with van der Waals surface area (Å²) in [6.07, 6.45) is 0. The number of halogens is 3. The van der Waals surface area contributed by atoms with E-state index in [9.17, 15) is 28.5 Å². The number of hydrogen-bond donors (Lipinski definition) is 1. The van der Waals surface area contributed by atoms with Crippen LogP contribution >= 0.6 is 11.6 Å². The molecule has 2 aromatic rings. The van der Waals surface area contributed by atoms with E-state index in [1.807, 2.05) is 0 Å². The van der Waals surface area contributed by atoms with E-state index in [2.05, 4.69) is 0 Å². The second kappa shape index (κ2) is 6.09. The Hall–Kier alpha value is -2.87. The Kier molecular flexibility index (Phi) is 4.37. The number of carbonyl (C=O) groups is 2. The zero-order valence-corrected chi connectivity index (χ0v) is 11.8. The van der Waals surface area contributed by atoms with E-state index in [1.54, 1.807) is 0 Å². The largest absolute Gasteiger partial charge is 0.478 e. The number of nitro groups is 1. The number of carbonyl (C=O) groups excluding carboxylic acids is 1. The molecule has 0 atom stereocenters. The minimum Gasteiger partial charge on any atom is -0.478 e. The van der Waals surface area contributed by atoms with Gasteiger partial charge in [-0.1, -0.05) is 11.6 Å². The van der Waals surface area contributed by atoms with E-state index >= 15 is 0 Å². The maximum absolute atomic E-state index is 13.9. The Morgan fingerprint density at radius 1 is 1.09 bits per heavy atom. The zero-order chi connectivity index (χ0) is 17.3. The number of hydrogen-bond acceptors (Lipinski definition) is 4. The molecule has 0 unspecified atom stereocenters. The van der Waals surface area contributed by atoms with E-state index in [0.29, 0.717) is 12.1 Å². The predicted molar refractivity (Wildman–Crippen MR) is 74.9 cm³/mol. The number of benzene rings is 2. The van der Waals surface area contributed by atoms with Crippen LogP contribution in [-0.4, -0.2) is 21.8 Å². The van der Waals surface area contributed by atoms with E-state index in [4.69, 9.17) is 16.7 Å². The van der Waals surface area contributed by atoms with Gasteiger partial charge in [0.1, 0.15) is 22.2 Å². The molecule has 0 amide bonds. The minimum atomic E-state index is -1.84. The van der Waals surface area contributed by atoms with Gasteiger partial charge in [-0.2, -0.15) is 0 Å². The van der Waals surface area contributed by atoms with Gasteiger partial charge < -0.3 is 5.11 Å². The lowest BCUT2D eigenvalue weighted by molar-refractivity contribution is -0.384. The number of ketones is 1. The quantitative estimate of drug-likeness (QED) is 0.521. The SMILES string of the molecule is O=C(O)c1c(F)ccc(F)c1C(=O)c1ccc(Cl)c([N+](=O)[O-])c1. The zero-order valence-electron chi connectivity index (χ0n) is 11.0. The van der Waals surface area contributed by atoms with Crippen LogP contribution in [0.3, 0.4) is 0 Å². The third-order valence-corrected chi connectivity index (χ3v) is 3.27. The normalized spacial score (nSPS) is 10.4. The predicted octanol–water partition coefficient (Wildman–Crippen LogP) is 3.46. The van der Waals surface area contributed by atoms with Gasteiger partial charge >= 0.3 is 5.97 Å². The van der Waals surface area contributed by atoms with Gasteiger partial charge in [-0.25, -0.2) is 13.6 Å². The van der Waals surface area contributed by atoms with Crippen LogP contribution in [0.2, 0.25) is 5.02 Å². The summed E-state index contributed by atoms with van der Waals surface area (Å²) in [7, 11) is 0. The first-order valence-electron chi connectivity index (χ1n) is 5.94. The van der Waals surface area contributed by atoms with E-state index < -0.39 is 50.7 Å². The number of carboxylic acids is 1. The number of nitro benzene ring substituents is 1. The molecule has 0 aliphatic rings. The van der Waals surface area contributed by atoms with Crippen LogP contribution in [0, 0.1) is 21.7 Å². The molecule has 0 bridgehead atoms. The molecule has 0 aromatic heterocycles. The smallest absolute Gasteiger partial charge is 0.339 e. The summed E-state index contributed by atoms with van der Waals surface area (Å²) in [4.78, 5) is 33.3. The topological polar surface area (TPSA) is 97.5 Å². The Bertz CT molecular complexity index is 853. The van der Waals surface area contributed by atoms with Gasteiger partial charge in [-0.15, -0.1) is 0 Å². The molecule has 0 spiro atoms. The van der Waals surface area contributed by atoms with Crippen molar-refractivity contribution in [1.29, 1.82) is 0 Å². The van der Waals surface area contributed by atoms with Crippen LogP contribution in [0.5, 0.6) is 0 Å². The Balaban J connectivity index is 2.67. The van der Waals surface area contributed by atoms with Crippen molar-refractivity contribution >= 4 is 29.0 Å². The molecule has 0 fully saturated rings. The summed E-state index contributed by atoms with van der Waals surface area (Å²) in [5.41, 5.74) is -3.18. The first-order chi connectivity index (χ1) is 10.7. The lowest BCUT2D eigenvalue weighted by Crippen LogP contribution is -2.14. The second-order valence-electron chi connectivity index (χ2n) is 4.34. The molecule has 0 heterocycles. The number of carboxylic acid groups (broad SMARTS) is 1. The molecule has 0 aliphatic heterocycles. The fourth-order valence-electron chi connectivity index (χ4n) is 1.92. The van der Waals surface area contributed by atoms with Crippen molar-refractivity contribution in [3.63, 3.8) is 0 Å². The van der Waals surface area contributed by atoms with Crippen molar-refractivity contribution in [2.45, 2.75) is 0 Å². The summed E-state index contributed by atoms with van der Waals surface area (Å²) >= 11 is 5.60. The summed E-state index contributed by atoms with van der Waals surface area (Å²) < 4.78 is 27.5. The van der Waals surface area contributed by atoms with Crippen LogP contribution in [-0.2, 0) is 0 Å². The van der Waals surface area contributed by atoms with Gasteiger partial charge in [0.15, 0.2) is 5.78 Å². The van der Waals surface area contributed by atoms with Crippen molar-refractivity contribution in [1.82, 2.24) is 0 Å². The maximum atomic E-state index is 13.9. The highest BCUT2D eigenvalue weighted by Gasteiger charge is 2.27. The number of rotatable bonds is 4. The maximum Gasteiger partial charge on any atom is 0.339 e. The van der Waals surface area contributed by atoms with Crippen molar-refractivity contribution < 1.29 is 28.4 Å². The second-order valence-corrected chi connectivity index (χ2v) is 4.74. The number of aromatic carboxylic acids is 1. The molecule has 118 valence electrons. The standard InChI is InChI=1S/C14H6ClF2NO5/c15-7-2-1-6(5-10(7)18(22)23)13(19)11-8(16)3-4-9(17)12(11)14(20)21/h1-5H,(H,20,21).